The maximum atomic E-state index is 9.55. The SMILES string of the molecule is COc1ccc(C(CO)NC(C)C)c(OC)c1OC. The van der Waals surface area contributed by atoms with Gasteiger partial charge in [0.15, 0.2) is 11.5 Å². The van der Waals surface area contributed by atoms with Gasteiger partial charge in [0.1, 0.15) is 0 Å². The zero-order valence-electron chi connectivity index (χ0n) is 12.2. The molecule has 0 aliphatic carbocycles. The van der Waals surface area contributed by atoms with Crippen LogP contribution in [0.4, 0.5) is 0 Å². The molecule has 2 N–H and O–H groups in total. The van der Waals surface area contributed by atoms with E-state index in [9.17, 15) is 5.11 Å². The van der Waals surface area contributed by atoms with E-state index >= 15 is 0 Å². The van der Waals surface area contributed by atoms with Crippen LogP contribution >= 0.6 is 0 Å². The third kappa shape index (κ3) is 3.52. The molecule has 0 aliphatic heterocycles. The van der Waals surface area contributed by atoms with Gasteiger partial charge in [0.2, 0.25) is 5.75 Å². The first-order valence-corrected chi connectivity index (χ1v) is 6.24. The molecule has 5 nitrogen and oxygen atoms in total. The van der Waals surface area contributed by atoms with E-state index < -0.39 is 0 Å². The van der Waals surface area contributed by atoms with Gasteiger partial charge in [-0.25, -0.2) is 0 Å². The number of benzene rings is 1. The number of aliphatic hydroxyl groups is 1. The van der Waals surface area contributed by atoms with E-state index in [-0.39, 0.29) is 18.7 Å². The fourth-order valence-corrected chi connectivity index (χ4v) is 2.04. The Hall–Kier alpha value is -1.46. The minimum absolute atomic E-state index is 0.0238. The molecule has 0 radical (unpaired) electrons. The molecule has 1 rings (SSSR count). The first-order valence-electron chi connectivity index (χ1n) is 6.24. The van der Waals surface area contributed by atoms with Crippen LogP contribution in [0.1, 0.15) is 25.5 Å². The molecule has 1 unspecified atom stereocenters. The van der Waals surface area contributed by atoms with Crippen molar-refractivity contribution in [2.45, 2.75) is 25.9 Å². The average Bonchev–Trinajstić information content (AvgIpc) is 2.42. The first-order chi connectivity index (χ1) is 9.08. The smallest absolute Gasteiger partial charge is 0.203 e. The molecular formula is C14H23NO4. The summed E-state index contributed by atoms with van der Waals surface area (Å²) in [6.45, 7) is 4.02. The van der Waals surface area contributed by atoms with Crippen LogP contribution in [0.5, 0.6) is 17.2 Å². The lowest BCUT2D eigenvalue weighted by Gasteiger charge is -2.23. The molecule has 1 aromatic carbocycles. The molecule has 0 aromatic heterocycles. The molecule has 0 aliphatic rings. The minimum Gasteiger partial charge on any atom is -0.493 e. The van der Waals surface area contributed by atoms with E-state index in [0.717, 1.165) is 5.56 Å². The number of ether oxygens (including phenoxy) is 3. The number of aliphatic hydroxyl groups excluding tert-OH is 1. The van der Waals surface area contributed by atoms with Gasteiger partial charge in [-0.2, -0.15) is 0 Å². The monoisotopic (exact) mass is 269 g/mol. The van der Waals surface area contributed by atoms with Crippen LogP contribution in [-0.2, 0) is 0 Å². The Balaban J connectivity index is 3.26. The molecule has 0 saturated carbocycles. The van der Waals surface area contributed by atoms with Crippen molar-refractivity contribution in [1.29, 1.82) is 0 Å². The molecule has 1 aromatic rings. The van der Waals surface area contributed by atoms with Crippen LogP contribution in [0.15, 0.2) is 12.1 Å². The molecule has 0 fully saturated rings. The summed E-state index contributed by atoms with van der Waals surface area (Å²) in [6, 6.07) is 3.71. The van der Waals surface area contributed by atoms with E-state index in [0.29, 0.717) is 17.2 Å². The highest BCUT2D eigenvalue weighted by molar-refractivity contribution is 5.56. The Bertz CT molecular complexity index is 407. The second-order valence-electron chi connectivity index (χ2n) is 4.48. The topological polar surface area (TPSA) is 60.0 Å². The van der Waals surface area contributed by atoms with Crippen molar-refractivity contribution in [2.75, 3.05) is 27.9 Å². The lowest BCUT2D eigenvalue weighted by molar-refractivity contribution is 0.232. The van der Waals surface area contributed by atoms with Crippen molar-refractivity contribution in [2.24, 2.45) is 0 Å². The summed E-state index contributed by atoms with van der Waals surface area (Å²) in [6.07, 6.45) is 0. The maximum absolute atomic E-state index is 9.55. The van der Waals surface area contributed by atoms with Crippen molar-refractivity contribution >= 4 is 0 Å². The summed E-state index contributed by atoms with van der Waals surface area (Å²) in [7, 11) is 4.71. The highest BCUT2D eigenvalue weighted by Crippen LogP contribution is 2.41. The second-order valence-corrected chi connectivity index (χ2v) is 4.48. The summed E-state index contributed by atoms with van der Waals surface area (Å²) in [5, 5.41) is 12.8. The van der Waals surface area contributed by atoms with E-state index in [1.807, 2.05) is 19.9 Å². The molecule has 108 valence electrons. The number of hydrogen-bond donors (Lipinski definition) is 2. The van der Waals surface area contributed by atoms with Crippen LogP contribution in [0, 0.1) is 0 Å². The Morgan fingerprint density at radius 2 is 1.68 bits per heavy atom. The lowest BCUT2D eigenvalue weighted by atomic mass is 10.0. The number of nitrogens with one attached hydrogen (secondary N) is 1. The Morgan fingerprint density at radius 1 is 1.05 bits per heavy atom. The molecule has 0 heterocycles. The fourth-order valence-electron chi connectivity index (χ4n) is 2.04. The summed E-state index contributed by atoms with van der Waals surface area (Å²) < 4.78 is 16.0. The van der Waals surface area contributed by atoms with Crippen LogP contribution in [0.3, 0.4) is 0 Å². The van der Waals surface area contributed by atoms with Crippen LogP contribution in [0.25, 0.3) is 0 Å². The maximum Gasteiger partial charge on any atom is 0.203 e. The van der Waals surface area contributed by atoms with Gasteiger partial charge in [0.25, 0.3) is 0 Å². The van der Waals surface area contributed by atoms with Gasteiger partial charge in [0.05, 0.1) is 34.0 Å². The number of rotatable bonds is 7. The third-order valence-corrected chi connectivity index (χ3v) is 2.83. The van der Waals surface area contributed by atoms with Crippen LogP contribution < -0.4 is 19.5 Å². The predicted molar refractivity (Wildman–Crippen MR) is 74.2 cm³/mol. The van der Waals surface area contributed by atoms with Gasteiger partial charge >= 0.3 is 0 Å². The summed E-state index contributed by atoms with van der Waals surface area (Å²) in [4.78, 5) is 0. The molecule has 0 spiro atoms. The lowest BCUT2D eigenvalue weighted by Crippen LogP contribution is -2.30. The summed E-state index contributed by atoms with van der Waals surface area (Å²) in [5.41, 5.74) is 0.844. The molecule has 1 atom stereocenters. The average molecular weight is 269 g/mol. The zero-order valence-corrected chi connectivity index (χ0v) is 12.2. The first kappa shape index (κ1) is 15.6. The van der Waals surface area contributed by atoms with Crippen molar-refractivity contribution < 1.29 is 19.3 Å². The zero-order chi connectivity index (χ0) is 14.4. The van der Waals surface area contributed by atoms with Gasteiger partial charge < -0.3 is 24.6 Å². The van der Waals surface area contributed by atoms with E-state index in [4.69, 9.17) is 14.2 Å². The predicted octanol–water partition coefficient (Wildman–Crippen LogP) is 1.74. The Kier molecular flexibility index (Phi) is 5.92. The van der Waals surface area contributed by atoms with Gasteiger partial charge in [-0.3, -0.25) is 0 Å². The molecule has 0 saturated heterocycles. The third-order valence-electron chi connectivity index (χ3n) is 2.83. The molecule has 19 heavy (non-hydrogen) atoms. The second kappa shape index (κ2) is 7.21. The summed E-state index contributed by atoms with van der Waals surface area (Å²) >= 11 is 0. The molecular weight excluding hydrogens is 246 g/mol. The fraction of sp³-hybridized carbons (Fsp3) is 0.571. The van der Waals surface area contributed by atoms with E-state index in [1.54, 1.807) is 27.4 Å². The molecule has 0 bridgehead atoms. The van der Waals surface area contributed by atoms with Gasteiger partial charge in [0, 0.05) is 11.6 Å². The normalized spacial score (nSPS) is 12.4. The van der Waals surface area contributed by atoms with Gasteiger partial charge in [-0.15, -0.1) is 0 Å². The number of hydrogen-bond acceptors (Lipinski definition) is 5. The van der Waals surface area contributed by atoms with Crippen LogP contribution in [-0.4, -0.2) is 39.1 Å². The quantitative estimate of drug-likeness (QED) is 0.789. The number of methoxy groups -OCH3 is 3. The molecule has 5 heteroatoms. The van der Waals surface area contributed by atoms with Crippen LogP contribution in [0.2, 0.25) is 0 Å². The summed E-state index contributed by atoms with van der Waals surface area (Å²) in [5.74, 6) is 1.71. The van der Waals surface area contributed by atoms with E-state index in [2.05, 4.69) is 5.32 Å². The largest absolute Gasteiger partial charge is 0.493 e. The Morgan fingerprint density at radius 3 is 2.11 bits per heavy atom. The standard InChI is InChI=1S/C14H23NO4/c1-9(2)15-11(8-16)10-6-7-12(17-3)14(19-5)13(10)18-4/h6-7,9,11,15-16H,8H2,1-5H3. The minimum atomic E-state index is -0.213. The van der Waals surface area contributed by atoms with Crippen molar-refractivity contribution in [3.8, 4) is 17.2 Å². The van der Waals surface area contributed by atoms with Gasteiger partial charge in [-0.05, 0) is 12.1 Å². The van der Waals surface area contributed by atoms with Crippen molar-refractivity contribution in [3.05, 3.63) is 17.7 Å². The van der Waals surface area contributed by atoms with Crippen molar-refractivity contribution in [1.82, 2.24) is 5.32 Å². The van der Waals surface area contributed by atoms with Gasteiger partial charge in [-0.1, -0.05) is 13.8 Å². The molecule has 0 amide bonds. The highest BCUT2D eigenvalue weighted by atomic mass is 16.5. The highest BCUT2D eigenvalue weighted by Gasteiger charge is 2.22. The van der Waals surface area contributed by atoms with E-state index in [1.165, 1.54) is 0 Å². The van der Waals surface area contributed by atoms with Crippen molar-refractivity contribution in [3.63, 3.8) is 0 Å². The Labute approximate surface area is 114 Å².